The van der Waals surface area contributed by atoms with E-state index in [1.165, 1.54) is 12.1 Å². The summed E-state index contributed by atoms with van der Waals surface area (Å²) < 4.78 is 13.3. The molecule has 0 aromatic heterocycles. The van der Waals surface area contributed by atoms with Gasteiger partial charge in [-0.2, -0.15) is 0 Å². The van der Waals surface area contributed by atoms with Gasteiger partial charge in [-0.1, -0.05) is 42.9 Å². The van der Waals surface area contributed by atoms with E-state index in [9.17, 15) is 19.1 Å². The molecular formula is C27H27FN2O3. The molecule has 1 aliphatic carbocycles. The van der Waals surface area contributed by atoms with Gasteiger partial charge in [-0.15, -0.1) is 0 Å². The van der Waals surface area contributed by atoms with Crippen LogP contribution in [0.5, 0.6) is 0 Å². The van der Waals surface area contributed by atoms with Crippen LogP contribution in [-0.4, -0.2) is 58.5 Å². The average Bonchev–Trinajstić information content (AvgIpc) is 3.34. The lowest BCUT2D eigenvalue weighted by Crippen LogP contribution is -2.73. The summed E-state index contributed by atoms with van der Waals surface area (Å²) in [4.78, 5) is 29.2. The number of hydrogen-bond donors (Lipinski definition) is 1. The Balaban J connectivity index is 1.32. The summed E-state index contributed by atoms with van der Waals surface area (Å²) in [6, 6.07) is 13.6. The normalized spacial score (nSPS) is 24.7. The van der Waals surface area contributed by atoms with Crippen molar-refractivity contribution in [1.29, 1.82) is 0 Å². The van der Waals surface area contributed by atoms with E-state index < -0.39 is 0 Å². The van der Waals surface area contributed by atoms with Crippen LogP contribution in [-0.2, 0) is 9.59 Å². The molecule has 2 amide bonds. The molecule has 0 unspecified atom stereocenters. The summed E-state index contributed by atoms with van der Waals surface area (Å²) in [5.74, 6) is 5.75. The van der Waals surface area contributed by atoms with E-state index >= 15 is 0 Å². The van der Waals surface area contributed by atoms with E-state index in [4.69, 9.17) is 0 Å². The maximum Gasteiger partial charge on any atom is 0.242 e. The minimum Gasteiger partial charge on any atom is -0.394 e. The Hall–Kier alpha value is -3.17. The quantitative estimate of drug-likeness (QED) is 0.738. The molecule has 3 atom stereocenters. The van der Waals surface area contributed by atoms with E-state index in [-0.39, 0.29) is 54.7 Å². The molecule has 1 N–H and O–H groups in total. The highest BCUT2D eigenvalue weighted by molar-refractivity contribution is 5.88. The van der Waals surface area contributed by atoms with Gasteiger partial charge >= 0.3 is 0 Å². The Morgan fingerprint density at radius 1 is 1.06 bits per heavy atom. The van der Waals surface area contributed by atoms with E-state index in [0.29, 0.717) is 12.1 Å². The van der Waals surface area contributed by atoms with Crippen LogP contribution in [0.15, 0.2) is 48.5 Å². The van der Waals surface area contributed by atoms with Crippen molar-refractivity contribution in [3.05, 3.63) is 71.0 Å². The smallest absolute Gasteiger partial charge is 0.242 e. The maximum atomic E-state index is 13.3. The van der Waals surface area contributed by atoms with Gasteiger partial charge in [0.2, 0.25) is 11.8 Å². The van der Waals surface area contributed by atoms with Gasteiger partial charge in [0.25, 0.3) is 0 Å². The number of carbonyl (C=O) groups is 2. The lowest BCUT2D eigenvalue weighted by Gasteiger charge is -2.59. The van der Waals surface area contributed by atoms with Crippen molar-refractivity contribution >= 4 is 11.8 Å². The zero-order valence-electron chi connectivity index (χ0n) is 18.4. The minimum absolute atomic E-state index is 0.0247. The van der Waals surface area contributed by atoms with Gasteiger partial charge in [-0.05, 0) is 48.7 Å². The van der Waals surface area contributed by atoms with Crippen LogP contribution >= 0.6 is 0 Å². The predicted molar refractivity (Wildman–Crippen MR) is 122 cm³/mol. The molecule has 0 bridgehead atoms. The summed E-state index contributed by atoms with van der Waals surface area (Å²) in [5, 5.41) is 9.98. The molecule has 5 rings (SSSR count). The van der Waals surface area contributed by atoms with Crippen LogP contribution in [0.2, 0.25) is 0 Å². The summed E-state index contributed by atoms with van der Waals surface area (Å²) >= 11 is 0. The number of fused-ring (bicyclic) bond motifs is 1. The molecule has 3 fully saturated rings. The van der Waals surface area contributed by atoms with Crippen LogP contribution in [0.25, 0.3) is 0 Å². The SMILES string of the molecule is O=C(C1CCCC1)N1CC(=O)N2[C@H](CO)[C@@H](c3ccc(C#Cc4cccc(F)c4)cc3)[C@H]2C1. The Kier molecular flexibility index (Phi) is 5.90. The van der Waals surface area contributed by atoms with Crippen molar-refractivity contribution in [1.82, 2.24) is 9.80 Å². The first-order valence-corrected chi connectivity index (χ1v) is 11.6. The molecule has 170 valence electrons. The van der Waals surface area contributed by atoms with Crippen molar-refractivity contribution in [2.45, 2.75) is 43.7 Å². The number of benzene rings is 2. The maximum absolute atomic E-state index is 13.3. The first kappa shape index (κ1) is 21.7. The van der Waals surface area contributed by atoms with Gasteiger partial charge in [-0.3, -0.25) is 9.59 Å². The Labute approximate surface area is 193 Å². The van der Waals surface area contributed by atoms with E-state index in [2.05, 4.69) is 11.8 Å². The van der Waals surface area contributed by atoms with Crippen molar-refractivity contribution in [3.8, 4) is 11.8 Å². The third-order valence-electron chi connectivity index (χ3n) is 7.24. The molecule has 3 aliphatic rings. The van der Waals surface area contributed by atoms with Crippen molar-refractivity contribution in [3.63, 3.8) is 0 Å². The molecule has 2 heterocycles. The summed E-state index contributed by atoms with van der Waals surface area (Å²) in [6.07, 6.45) is 3.99. The van der Waals surface area contributed by atoms with Crippen LogP contribution in [0.1, 0.15) is 48.3 Å². The van der Waals surface area contributed by atoms with Gasteiger partial charge in [-0.25, -0.2) is 4.39 Å². The second-order valence-electron chi connectivity index (χ2n) is 9.23. The standard InChI is InChI=1S/C27H27FN2O3/c28-22-7-3-4-19(14-22)9-8-18-10-12-20(13-11-18)26-23-15-29(27(33)21-5-1-2-6-21)16-25(32)30(23)24(26)17-31/h3-4,7,10-14,21,23-24,26,31H,1-2,5-6,15-17H2/t23-,24-,26+/m1/s1. The Bertz CT molecular complexity index is 1110. The van der Waals surface area contributed by atoms with Gasteiger partial charge in [0.1, 0.15) is 5.82 Å². The van der Waals surface area contributed by atoms with Crippen LogP contribution < -0.4 is 0 Å². The highest BCUT2D eigenvalue weighted by Crippen LogP contribution is 2.43. The lowest BCUT2D eigenvalue weighted by molar-refractivity contribution is -0.168. The highest BCUT2D eigenvalue weighted by atomic mass is 19.1. The fraction of sp³-hybridized carbons (Fsp3) is 0.407. The van der Waals surface area contributed by atoms with Crippen molar-refractivity contribution in [2.24, 2.45) is 5.92 Å². The first-order valence-electron chi connectivity index (χ1n) is 11.6. The molecule has 2 aromatic rings. The van der Waals surface area contributed by atoms with Crippen molar-refractivity contribution in [2.75, 3.05) is 19.7 Å². The first-order chi connectivity index (χ1) is 16.0. The lowest BCUT2D eigenvalue weighted by atomic mass is 9.73. The second-order valence-corrected chi connectivity index (χ2v) is 9.23. The monoisotopic (exact) mass is 446 g/mol. The third kappa shape index (κ3) is 4.14. The van der Waals surface area contributed by atoms with Crippen LogP contribution in [0, 0.1) is 23.6 Å². The van der Waals surface area contributed by atoms with Crippen LogP contribution in [0.4, 0.5) is 4.39 Å². The number of hydrogen-bond acceptors (Lipinski definition) is 3. The minimum atomic E-state index is -0.316. The number of aliphatic hydroxyl groups is 1. The number of halogens is 1. The zero-order valence-corrected chi connectivity index (χ0v) is 18.4. The fourth-order valence-corrected chi connectivity index (χ4v) is 5.60. The number of amides is 2. The van der Waals surface area contributed by atoms with Gasteiger partial charge in [0.15, 0.2) is 0 Å². The average molecular weight is 447 g/mol. The zero-order chi connectivity index (χ0) is 22.9. The van der Waals surface area contributed by atoms with Crippen LogP contribution in [0.3, 0.4) is 0 Å². The van der Waals surface area contributed by atoms with E-state index in [1.54, 1.807) is 21.9 Å². The third-order valence-corrected chi connectivity index (χ3v) is 7.24. The Morgan fingerprint density at radius 2 is 1.79 bits per heavy atom. The molecule has 2 aromatic carbocycles. The second kappa shape index (κ2) is 8.99. The van der Waals surface area contributed by atoms with E-state index in [0.717, 1.165) is 36.8 Å². The summed E-state index contributed by atoms with van der Waals surface area (Å²) in [6.45, 7) is 0.525. The summed E-state index contributed by atoms with van der Waals surface area (Å²) in [7, 11) is 0. The molecule has 1 saturated carbocycles. The largest absolute Gasteiger partial charge is 0.394 e. The van der Waals surface area contributed by atoms with E-state index in [1.807, 2.05) is 24.3 Å². The molecule has 33 heavy (non-hydrogen) atoms. The van der Waals surface area contributed by atoms with Gasteiger partial charge in [0.05, 0.1) is 25.2 Å². The molecule has 2 aliphatic heterocycles. The van der Waals surface area contributed by atoms with Crippen molar-refractivity contribution < 1.29 is 19.1 Å². The molecular weight excluding hydrogens is 419 g/mol. The van der Waals surface area contributed by atoms with Gasteiger partial charge < -0.3 is 14.9 Å². The number of piperazine rings is 1. The number of carbonyl (C=O) groups excluding carboxylic acids is 2. The number of rotatable bonds is 3. The molecule has 0 radical (unpaired) electrons. The topological polar surface area (TPSA) is 60.9 Å². The fourth-order valence-electron chi connectivity index (χ4n) is 5.60. The number of nitrogens with zero attached hydrogens (tertiary/aromatic N) is 2. The molecule has 0 spiro atoms. The molecule has 2 saturated heterocycles. The highest BCUT2D eigenvalue weighted by Gasteiger charge is 2.54. The molecule has 5 nitrogen and oxygen atoms in total. The Morgan fingerprint density at radius 3 is 2.48 bits per heavy atom. The summed E-state index contributed by atoms with van der Waals surface area (Å²) in [5.41, 5.74) is 2.44. The predicted octanol–water partition coefficient (Wildman–Crippen LogP) is 2.91. The van der Waals surface area contributed by atoms with Gasteiger partial charge in [0, 0.05) is 29.5 Å². The number of aliphatic hydroxyl groups excluding tert-OH is 1. The molecule has 6 heteroatoms.